The van der Waals surface area contributed by atoms with Crippen molar-refractivity contribution in [1.29, 1.82) is 0 Å². The topological polar surface area (TPSA) is 71.1 Å². The van der Waals surface area contributed by atoms with E-state index in [2.05, 4.69) is 22.5 Å². The normalized spacial score (nSPS) is 11.9. The zero-order valence-electron chi connectivity index (χ0n) is 13.3. The number of hydrogen-bond donors (Lipinski definition) is 2. The van der Waals surface area contributed by atoms with Gasteiger partial charge in [-0.25, -0.2) is 9.78 Å². The van der Waals surface area contributed by atoms with Crippen LogP contribution in [0.25, 0.3) is 0 Å². The highest BCUT2D eigenvalue weighted by molar-refractivity contribution is 7.85. The van der Waals surface area contributed by atoms with E-state index in [1.54, 1.807) is 17.6 Å². The van der Waals surface area contributed by atoms with Gasteiger partial charge in [0.05, 0.1) is 21.4 Å². The van der Waals surface area contributed by atoms with Gasteiger partial charge >= 0.3 is 6.03 Å². The van der Waals surface area contributed by atoms with Crippen LogP contribution in [0.3, 0.4) is 0 Å². The number of nitrogens with zero attached hydrogens (tertiary/aromatic N) is 1. The molecule has 2 amide bonds. The van der Waals surface area contributed by atoms with Gasteiger partial charge in [-0.2, -0.15) is 0 Å². The number of amides is 2. The van der Waals surface area contributed by atoms with Crippen LogP contribution < -0.4 is 10.6 Å². The number of nitrogens with one attached hydrogen (secondary N) is 2. The Morgan fingerprint density at radius 3 is 2.83 bits per heavy atom. The maximum absolute atomic E-state index is 12.5. The number of carbonyl (C=O) groups excluding carboxylic acids is 1. The lowest BCUT2D eigenvalue weighted by molar-refractivity contribution is 0.262. The molecule has 124 valence electrons. The number of aryl methyl sites for hydroxylation is 1. The van der Waals surface area contributed by atoms with Crippen LogP contribution in [-0.4, -0.2) is 21.0 Å². The second-order valence-corrected chi connectivity index (χ2v) is 7.61. The summed E-state index contributed by atoms with van der Waals surface area (Å²) in [5.41, 5.74) is 1.61. The van der Waals surface area contributed by atoms with E-state index in [1.807, 2.05) is 19.1 Å². The molecule has 0 aliphatic carbocycles. The molecule has 23 heavy (non-hydrogen) atoms. The quantitative estimate of drug-likeness (QED) is 0.727. The second kappa shape index (κ2) is 8.79. The van der Waals surface area contributed by atoms with Gasteiger partial charge in [-0.3, -0.25) is 9.53 Å². The lowest BCUT2D eigenvalue weighted by Gasteiger charge is -2.12. The summed E-state index contributed by atoms with van der Waals surface area (Å²) in [6.45, 7) is 4.07. The number of thiazole rings is 1. The van der Waals surface area contributed by atoms with Crippen LogP contribution in [0, 0.1) is 6.92 Å². The monoisotopic (exact) mass is 351 g/mol. The fourth-order valence-electron chi connectivity index (χ4n) is 2.05. The lowest BCUT2D eigenvalue weighted by Crippen LogP contribution is -2.20. The van der Waals surface area contributed by atoms with Crippen molar-refractivity contribution in [1.82, 2.24) is 4.98 Å². The minimum atomic E-state index is -1.12. The van der Waals surface area contributed by atoms with Gasteiger partial charge in [0.2, 0.25) is 0 Å². The number of hydrogen-bond acceptors (Lipinski definition) is 4. The summed E-state index contributed by atoms with van der Waals surface area (Å²) in [5, 5.41) is 7.75. The largest absolute Gasteiger partial charge is 0.325 e. The van der Waals surface area contributed by atoms with Crippen LogP contribution in [-0.2, 0) is 10.8 Å². The van der Waals surface area contributed by atoms with Gasteiger partial charge in [0, 0.05) is 17.3 Å². The van der Waals surface area contributed by atoms with Gasteiger partial charge in [0.1, 0.15) is 0 Å². The molecule has 1 unspecified atom stereocenters. The molecule has 0 bridgehead atoms. The smallest absolute Gasteiger partial charge is 0.306 e. The van der Waals surface area contributed by atoms with Crippen molar-refractivity contribution in [2.75, 3.05) is 16.4 Å². The van der Waals surface area contributed by atoms with Crippen molar-refractivity contribution in [2.45, 2.75) is 38.0 Å². The maximum Gasteiger partial charge on any atom is 0.325 e. The minimum absolute atomic E-state index is 0.379. The average Bonchev–Trinajstić information content (AvgIpc) is 3.02. The first kappa shape index (κ1) is 17.6. The first-order valence-corrected chi connectivity index (χ1v) is 9.76. The molecule has 0 aliphatic heterocycles. The highest BCUT2D eigenvalue weighted by Gasteiger charge is 2.13. The zero-order chi connectivity index (χ0) is 16.7. The molecule has 1 heterocycles. The number of aromatic nitrogens is 1. The molecule has 0 saturated carbocycles. The third-order valence-electron chi connectivity index (χ3n) is 3.22. The minimum Gasteiger partial charge on any atom is -0.306 e. The Bertz CT molecular complexity index is 672. The molecule has 2 aromatic rings. The van der Waals surface area contributed by atoms with E-state index in [0.29, 0.717) is 21.5 Å². The van der Waals surface area contributed by atoms with Crippen molar-refractivity contribution in [3.05, 3.63) is 35.3 Å². The second-order valence-electron chi connectivity index (χ2n) is 5.17. The van der Waals surface area contributed by atoms with Crippen LogP contribution >= 0.6 is 11.3 Å². The Balaban J connectivity index is 2.08. The predicted octanol–water partition coefficient (Wildman–Crippen LogP) is 4.39. The fraction of sp³-hybridized carbons (Fsp3) is 0.375. The van der Waals surface area contributed by atoms with E-state index in [0.717, 1.165) is 24.8 Å². The molecule has 7 heteroatoms. The van der Waals surface area contributed by atoms with Crippen molar-refractivity contribution in [3.8, 4) is 0 Å². The summed E-state index contributed by atoms with van der Waals surface area (Å²) in [4.78, 5) is 16.7. The highest BCUT2D eigenvalue weighted by atomic mass is 32.2. The first-order valence-electron chi connectivity index (χ1n) is 7.56. The molecule has 0 saturated heterocycles. The van der Waals surface area contributed by atoms with E-state index >= 15 is 0 Å². The number of unbranched alkanes of at least 4 members (excludes halogenated alkanes) is 2. The first-order chi connectivity index (χ1) is 11.1. The molecule has 0 spiro atoms. The maximum atomic E-state index is 12.5. The van der Waals surface area contributed by atoms with Gasteiger partial charge in [-0.15, -0.1) is 11.3 Å². The Kier molecular flexibility index (Phi) is 6.73. The number of rotatable bonds is 7. The Labute approximate surface area is 143 Å². The van der Waals surface area contributed by atoms with E-state index in [9.17, 15) is 9.00 Å². The molecule has 1 aromatic heterocycles. The van der Waals surface area contributed by atoms with Gasteiger partial charge in [0.15, 0.2) is 5.13 Å². The highest BCUT2D eigenvalue weighted by Crippen LogP contribution is 2.23. The van der Waals surface area contributed by atoms with Crippen molar-refractivity contribution >= 4 is 39.0 Å². The molecule has 2 rings (SSSR count). The molecule has 0 fully saturated rings. The van der Waals surface area contributed by atoms with Crippen molar-refractivity contribution < 1.29 is 9.00 Å². The zero-order valence-corrected chi connectivity index (χ0v) is 14.9. The molecule has 1 atom stereocenters. The van der Waals surface area contributed by atoms with Gasteiger partial charge in [0.25, 0.3) is 0 Å². The summed E-state index contributed by atoms with van der Waals surface area (Å²) in [5.74, 6) is 0.611. The van der Waals surface area contributed by atoms with Crippen molar-refractivity contribution in [3.63, 3.8) is 0 Å². The summed E-state index contributed by atoms with van der Waals surface area (Å²) < 4.78 is 12.5. The molecule has 2 N–H and O–H groups in total. The fourth-order valence-corrected chi connectivity index (χ4v) is 3.94. The number of benzene rings is 1. The molecule has 5 nitrogen and oxygen atoms in total. The van der Waals surface area contributed by atoms with Crippen molar-refractivity contribution in [2.24, 2.45) is 0 Å². The van der Waals surface area contributed by atoms with Crippen LogP contribution in [0.5, 0.6) is 0 Å². The molecular formula is C16H21N3O2S2. The van der Waals surface area contributed by atoms with Crippen LogP contribution in [0.2, 0.25) is 0 Å². The van der Waals surface area contributed by atoms with E-state index in [-0.39, 0.29) is 6.03 Å². The average molecular weight is 351 g/mol. The van der Waals surface area contributed by atoms with Gasteiger partial charge in [-0.05, 0) is 31.0 Å². The van der Waals surface area contributed by atoms with E-state index < -0.39 is 10.8 Å². The van der Waals surface area contributed by atoms with E-state index in [4.69, 9.17) is 0 Å². The Morgan fingerprint density at radius 1 is 1.30 bits per heavy atom. The van der Waals surface area contributed by atoms with Gasteiger partial charge < -0.3 is 5.32 Å². The summed E-state index contributed by atoms with van der Waals surface area (Å²) >= 11 is 1.35. The standard InChI is InChI=1S/C16H21N3O2S2/c1-3-4-5-10-23(21)14-11-12(2)6-7-13(14)18-15(20)19-16-17-8-9-22-16/h6-9,11H,3-5,10H2,1-2H3,(H2,17,18,19,20). The summed E-state index contributed by atoms with van der Waals surface area (Å²) in [6, 6.07) is 5.19. The Morgan fingerprint density at radius 2 is 2.13 bits per heavy atom. The van der Waals surface area contributed by atoms with E-state index in [1.165, 1.54) is 11.3 Å². The number of urea groups is 1. The Hall–Kier alpha value is -1.73. The predicted molar refractivity (Wildman–Crippen MR) is 96.7 cm³/mol. The summed E-state index contributed by atoms with van der Waals surface area (Å²) in [7, 11) is -1.12. The number of anilines is 2. The molecule has 0 radical (unpaired) electrons. The third kappa shape index (κ3) is 5.44. The molecular weight excluding hydrogens is 330 g/mol. The van der Waals surface area contributed by atoms with Crippen LogP contribution in [0.1, 0.15) is 31.7 Å². The number of carbonyl (C=O) groups is 1. The lowest BCUT2D eigenvalue weighted by atomic mass is 10.2. The molecule has 1 aromatic carbocycles. The molecule has 0 aliphatic rings. The van der Waals surface area contributed by atoms with Crippen LogP contribution in [0.4, 0.5) is 15.6 Å². The van der Waals surface area contributed by atoms with Gasteiger partial charge in [-0.1, -0.05) is 25.8 Å². The summed E-state index contributed by atoms with van der Waals surface area (Å²) in [6.07, 6.45) is 4.69. The van der Waals surface area contributed by atoms with Crippen LogP contribution in [0.15, 0.2) is 34.7 Å². The third-order valence-corrected chi connectivity index (χ3v) is 5.39. The SMILES string of the molecule is CCCCCS(=O)c1cc(C)ccc1NC(=O)Nc1nccs1.